The van der Waals surface area contributed by atoms with Crippen LogP contribution in [0.2, 0.25) is 0 Å². The molecule has 6 nitrogen and oxygen atoms in total. The summed E-state index contributed by atoms with van der Waals surface area (Å²) in [6.45, 7) is 0.937. The number of ether oxygens (including phenoxy) is 2. The second kappa shape index (κ2) is 11.3. The summed E-state index contributed by atoms with van der Waals surface area (Å²) in [4.78, 5) is 24.5. The van der Waals surface area contributed by atoms with Crippen molar-refractivity contribution >= 4 is 11.8 Å². The molecule has 0 saturated heterocycles. The number of para-hydroxylation sites is 2. The monoisotopic (exact) mass is 404 g/mol. The highest BCUT2D eigenvalue weighted by atomic mass is 16.5. The summed E-state index contributed by atoms with van der Waals surface area (Å²) in [7, 11) is 0. The fourth-order valence-electron chi connectivity index (χ4n) is 2.72. The molecule has 0 spiro atoms. The average Bonchev–Trinajstić information content (AvgIpc) is 2.80. The molecule has 0 atom stereocenters. The van der Waals surface area contributed by atoms with E-state index in [1.54, 1.807) is 24.3 Å². The van der Waals surface area contributed by atoms with Gasteiger partial charge in [0.2, 0.25) is 5.91 Å². The first-order valence-corrected chi connectivity index (χ1v) is 9.71. The first-order valence-electron chi connectivity index (χ1n) is 9.71. The predicted molar refractivity (Wildman–Crippen MR) is 114 cm³/mol. The van der Waals surface area contributed by atoms with Crippen LogP contribution in [0.5, 0.6) is 11.5 Å². The fourth-order valence-corrected chi connectivity index (χ4v) is 2.72. The number of hydrogen-bond acceptors (Lipinski definition) is 4. The van der Waals surface area contributed by atoms with Gasteiger partial charge in [-0.1, -0.05) is 60.7 Å². The first-order chi connectivity index (χ1) is 14.7. The SMILES string of the molecule is O=C(CNC(=O)c1ccccc1OCCOc1ccccc1)NCc1ccccc1. The van der Waals surface area contributed by atoms with Crippen LogP contribution >= 0.6 is 0 Å². The summed E-state index contributed by atoms with van der Waals surface area (Å²) in [5.41, 5.74) is 1.36. The number of nitrogens with one attached hydrogen (secondary N) is 2. The van der Waals surface area contributed by atoms with Crippen LogP contribution < -0.4 is 20.1 Å². The molecule has 0 bridgehead atoms. The van der Waals surface area contributed by atoms with Crippen molar-refractivity contribution in [2.75, 3.05) is 19.8 Å². The highest BCUT2D eigenvalue weighted by Gasteiger charge is 2.13. The molecule has 3 aromatic rings. The maximum absolute atomic E-state index is 12.5. The molecule has 0 aromatic heterocycles. The zero-order valence-corrected chi connectivity index (χ0v) is 16.5. The molecule has 3 rings (SSSR count). The standard InChI is InChI=1S/C24H24N2O4/c27-23(25-17-19-9-3-1-4-10-19)18-26-24(28)21-13-7-8-14-22(21)30-16-15-29-20-11-5-2-6-12-20/h1-14H,15-18H2,(H,25,27)(H,26,28). The van der Waals surface area contributed by atoms with Gasteiger partial charge in [0.15, 0.2) is 0 Å². The van der Waals surface area contributed by atoms with Gasteiger partial charge >= 0.3 is 0 Å². The second-order valence-electron chi connectivity index (χ2n) is 6.45. The lowest BCUT2D eigenvalue weighted by molar-refractivity contribution is -0.120. The van der Waals surface area contributed by atoms with Crippen LogP contribution in [0.25, 0.3) is 0 Å². The minimum atomic E-state index is -0.371. The lowest BCUT2D eigenvalue weighted by atomic mass is 10.2. The van der Waals surface area contributed by atoms with E-state index >= 15 is 0 Å². The van der Waals surface area contributed by atoms with Crippen molar-refractivity contribution in [1.82, 2.24) is 10.6 Å². The van der Waals surface area contributed by atoms with E-state index in [0.717, 1.165) is 11.3 Å². The van der Waals surface area contributed by atoms with Gasteiger partial charge in [-0.25, -0.2) is 0 Å². The maximum atomic E-state index is 12.5. The lowest BCUT2D eigenvalue weighted by Crippen LogP contribution is -2.36. The Balaban J connectivity index is 1.44. The molecule has 154 valence electrons. The second-order valence-corrected chi connectivity index (χ2v) is 6.45. The van der Waals surface area contributed by atoms with E-state index in [0.29, 0.717) is 24.5 Å². The van der Waals surface area contributed by atoms with Crippen molar-refractivity contribution in [1.29, 1.82) is 0 Å². The Hall–Kier alpha value is -3.80. The van der Waals surface area contributed by atoms with Gasteiger partial charge in [0, 0.05) is 6.54 Å². The molecule has 0 unspecified atom stereocenters. The van der Waals surface area contributed by atoms with Crippen molar-refractivity contribution in [2.45, 2.75) is 6.54 Å². The Kier molecular flexibility index (Phi) is 7.85. The summed E-state index contributed by atoms with van der Waals surface area (Å²) < 4.78 is 11.3. The molecule has 6 heteroatoms. The van der Waals surface area contributed by atoms with E-state index in [9.17, 15) is 9.59 Å². The molecular formula is C24H24N2O4. The van der Waals surface area contributed by atoms with E-state index in [1.807, 2.05) is 60.7 Å². The third kappa shape index (κ3) is 6.67. The van der Waals surface area contributed by atoms with Crippen LogP contribution in [0.15, 0.2) is 84.9 Å². The van der Waals surface area contributed by atoms with E-state index in [2.05, 4.69) is 10.6 Å². The largest absolute Gasteiger partial charge is 0.490 e. The molecule has 0 aliphatic carbocycles. The third-order valence-corrected chi connectivity index (χ3v) is 4.23. The van der Waals surface area contributed by atoms with Gasteiger partial charge in [0.1, 0.15) is 24.7 Å². The molecule has 0 aliphatic rings. The molecule has 30 heavy (non-hydrogen) atoms. The molecular weight excluding hydrogens is 380 g/mol. The predicted octanol–water partition coefficient (Wildman–Crippen LogP) is 3.19. The Morgan fingerprint density at radius 3 is 2.10 bits per heavy atom. The highest BCUT2D eigenvalue weighted by molar-refractivity contribution is 5.98. The smallest absolute Gasteiger partial charge is 0.255 e. The molecule has 2 N–H and O–H groups in total. The zero-order valence-electron chi connectivity index (χ0n) is 16.5. The van der Waals surface area contributed by atoms with Crippen LogP contribution in [-0.2, 0) is 11.3 Å². The molecule has 0 radical (unpaired) electrons. The fraction of sp³-hybridized carbons (Fsp3) is 0.167. The summed E-state index contributed by atoms with van der Waals surface area (Å²) in [5, 5.41) is 5.41. The van der Waals surface area contributed by atoms with Crippen LogP contribution in [0.1, 0.15) is 15.9 Å². The first kappa shape index (κ1) is 20.9. The average molecular weight is 404 g/mol. The van der Waals surface area contributed by atoms with Crippen molar-refractivity contribution in [3.05, 3.63) is 96.1 Å². The molecule has 2 amide bonds. The van der Waals surface area contributed by atoms with Gasteiger partial charge in [-0.3, -0.25) is 9.59 Å². The molecule has 0 aliphatic heterocycles. The maximum Gasteiger partial charge on any atom is 0.255 e. The quantitative estimate of drug-likeness (QED) is 0.509. The summed E-state index contributed by atoms with van der Waals surface area (Å²) in [6.07, 6.45) is 0. The van der Waals surface area contributed by atoms with Crippen LogP contribution in [0.4, 0.5) is 0 Å². The Morgan fingerprint density at radius 2 is 1.33 bits per heavy atom. The van der Waals surface area contributed by atoms with Crippen molar-refractivity contribution in [3.63, 3.8) is 0 Å². The number of carbonyl (C=O) groups is 2. The number of benzene rings is 3. The van der Waals surface area contributed by atoms with Crippen LogP contribution in [0.3, 0.4) is 0 Å². The minimum Gasteiger partial charge on any atom is -0.490 e. The molecule has 3 aromatic carbocycles. The van der Waals surface area contributed by atoms with Crippen molar-refractivity contribution in [2.24, 2.45) is 0 Å². The van der Waals surface area contributed by atoms with E-state index in [1.165, 1.54) is 0 Å². The van der Waals surface area contributed by atoms with Crippen LogP contribution in [-0.4, -0.2) is 31.6 Å². The molecule has 0 heterocycles. The van der Waals surface area contributed by atoms with Gasteiger partial charge in [0.25, 0.3) is 5.91 Å². The van der Waals surface area contributed by atoms with Crippen molar-refractivity contribution < 1.29 is 19.1 Å². The number of carbonyl (C=O) groups excluding carboxylic acids is 2. The normalized spacial score (nSPS) is 10.1. The summed E-state index contributed by atoms with van der Waals surface area (Å²) in [6, 6.07) is 25.9. The lowest BCUT2D eigenvalue weighted by Gasteiger charge is -2.12. The van der Waals surface area contributed by atoms with Gasteiger partial charge < -0.3 is 20.1 Å². The Morgan fingerprint density at radius 1 is 0.700 bits per heavy atom. The van der Waals surface area contributed by atoms with Gasteiger partial charge in [-0.2, -0.15) is 0 Å². The molecule has 0 saturated carbocycles. The van der Waals surface area contributed by atoms with Gasteiger partial charge in [0.05, 0.1) is 12.1 Å². The Labute approximate surface area is 175 Å². The third-order valence-electron chi connectivity index (χ3n) is 4.23. The van der Waals surface area contributed by atoms with E-state index in [-0.39, 0.29) is 25.0 Å². The van der Waals surface area contributed by atoms with Crippen molar-refractivity contribution in [3.8, 4) is 11.5 Å². The van der Waals surface area contributed by atoms with E-state index in [4.69, 9.17) is 9.47 Å². The Bertz CT molecular complexity index is 946. The van der Waals surface area contributed by atoms with Gasteiger partial charge in [-0.05, 0) is 29.8 Å². The van der Waals surface area contributed by atoms with E-state index < -0.39 is 0 Å². The number of hydrogen-bond donors (Lipinski definition) is 2. The number of amides is 2. The van der Waals surface area contributed by atoms with Gasteiger partial charge in [-0.15, -0.1) is 0 Å². The summed E-state index contributed by atoms with van der Waals surface area (Å²) >= 11 is 0. The summed E-state index contributed by atoms with van der Waals surface area (Å²) in [5.74, 6) is 0.566. The minimum absolute atomic E-state index is 0.114. The molecule has 0 fully saturated rings. The number of rotatable bonds is 10. The van der Waals surface area contributed by atoms with Crippen LogP contribution in [0, 0.1) is 0 Å². The zero-order chi connectivity index (χ0) is 21.0. The highest BCUT2D eigenvalue weighted by Crippen LogP contribution is 2.18. The topological polar surface area (TPSA) is 76.7 Å².